The van der Waals surface area contributed by atoms with Gasteiger partial charge in [0.05, 0.1) is 0 Å². The number of carbonyl (C=O) groups is 1. The van der Waals surface area contributed by atoms with Gasteiger partial charge >= 0.3 is 0 Å². The maximum atomic E-state index is 12.3. The fourth-order valence-electron chi connectivity index (χ4n) is 3.39. The van der Waals surface area contributed by atoms with Crippen molar-refractivity contribution in [3.05, 3.63) is 18.0 Å². The number of aromatic nitrogens is 2. The molecule has 0 spiro atoms. The summed E-state index contributed by atoms with van der Waals surface area (Å²) < 4.78 is 0. The number of hydrogen-bond acceptors (Lipinski definition) is 6. The molecule has 0 radical (unpaired) electrons. The molecule has 0 aromatic carbocycles. The van der Waals surface area contributed by atoms with Gasteiger partial charge in [0, 0.05) is 52.0 Å². The second kappa shape index (κ2) is 9.10. The van der Waals surface area contributed by atoms with Crippen LogP contribution < -0.4 is 10.2 Å². The van der Waals surface area contributed by atoms with Crippen molar-refractivity contribution in [3.8, 4) is 0 Å². The van der Waals surface area contributed by atoms with E-state index in [0.717, 1.165) is 52.2 Å². The van der Waals surface area contributed by atoms with Gasteiger partial charge in [-0.25, -0.2) is 9.97 Å². The van der Waals surface area contributed by atoms with E-state index < -0.39 is 0 Å². The van der Waals surface area contributed by atoms with E-state index in [0.29, 0.717) is 18.2 Å². The Morgan fingerprint density at radius 3 is 2.64 bits per heavy atom. The fourth-order valence-corrected chi connectivity index (χ4v) is 3.39. The molecule has 1 aromatic rings. The monoisotopic (exact) mass is 346 g/mol. The second-order valence-electron chi connectivity index (χ2n) is 7.04. The van der Waals surface area contributed by atoms with Crippen molar-refractivity contribution >= 4 is 11.9 Å². The van der Waals surface area contributed by atoms with Gasteiger partial charge in [0.1, 0.15) is 5.69 Å². The maximum Gasteiger partial charge on any atom is 0.270 e. The van der Waals surface area contributed by atoms with Crippen LogP contribution in [0.1, 0.15) is 36.2 Å². The Morgan fingerprint density at radius 1 is 1.12 bits per heavy atom. The van der Waals surface area contributed by atoms with Gasteiger partial charge in [-0.2, -0.15) is 0 Å². The molecule has 1 N–H and O–H groups in total. The molecule has 3 rings (SSSR count). The minimum atomic E-state index is -0.0981. The largest absolute Gasteiger partial charge is 0.351 e. The van der Waals surface area contributed by atoms with Crippen molar-refractivity contribution in [2.75, 3.05) is 64.3 Å². The fraction of sp³-hybridized carbons (Fsp3) is 0.722. The van der Waals surface area contributed by atoms with Crippen LogP contribution >= 0.6 is 0 Å². The lowest BCUT2D eigenvalue weighted by Crippen LogP contribution is -2.45. The van der Waals surface area contributed by atoms with Crippen LogP contribution in [0.25, 0.3) is 0 Å². The number of anilines is 1. The third-order valence-corrected chi connectivity index (χ3v) is 5.05. The van der Waals surface area contributed by atoms with E-state index in [4.69, 9.17) is 0 Å². The molecule has 0 aliphatic carbocycles. The molecule has 0 atom stereocenters. The summed E-state index contributed by atoms with van der Waals surface area (Å²) in [7, 11) is 2.16. The molecule has 3 heterocycles. The van der Waals surface area contributed by atoms with Crippen LogP contribution in [0, 0.1) is 0 Å². The Balaban J connectivity index is 1.42. The predicted molar refractivity (Wildman–Crippen MR) is 99.0 cm³/mol. The number of piperidine rings is 1. The first-order chi connectivity index (χ1) is 12.2. The van der Waals surface area contributed by atoms with E-state index in [1.165, 1.54) is 19.3 Å². The molecule has 0 bridgehead atoms. The average Bonchev–Trinajstić information content (AvgIpc) is 2.67. The summed E-state index contributed by atoms with van der Waals surface area (Å²) in [6.45, 7) is 8.20. The highest BCUT2D eigenvalue weighted by molar-refractivity contribution is 5.92. The smallest absolute Gasteiger partial charge is 0.270 e. The molecule has 2 fully saturated rings. The summed E-state index contributed by atoms with van der Waals surface area (Å²) in [5.41, 5.74) is 0.468. The van der Waals surface area contributed by atoms with Crippen LogP contribution in [0.15, 0.2) is 12.3 Å². The van der Waals surface area contributed by atoms with Crippen LogP contribution in [0.2, 0.25) is 0 Å². The lowest BCUT2D eigenvalue weighted by Gasteiger charge is -2.32. The van der Waals surface area contributed by atoms with Crippen molar-refractivity contribution in [2.45, 2.75) is 25.7 Å². The highest BCUT2D eigenvalue weighted by Crippen LogP contribution is 2.15. The zero-order chi connectivity index (χ0) is 17.5. The molecule has 7 heteroatoms. The molecule has 25 heavy (non-hydrogen) atoms. The first kappa shape index (κ1) is 18.1. The lowest BCUT2D eigenvalue weighted by molar-refractivity contribution is 0.0944. The molecular formula is C18H30N6O. The van der Waals surface area contributed by atoms with Crippen molar-refractivity contribution in [2.24, 2.45) is 0 Å². The molecule has 1 aromatic heterocycles. The number of rotatable bonds is 6. The Labute approximate surface area is 150 Å². The summed E-state index contributed by atoms with van der Waals surface area (Å²) >= 11 is 0. The minimum absolute atomic E-state index is 0.0981. The zero-order valence-electron chi connectivity index (χ0n) is 15.3. The highest BCUT2D eigenvalue weighted by atomic mass is 16.1. The van der Waals surface area contributed by atoms with E-state index in [-0.39, 0.29) is 5.91 Å². The summed E-state index contributed by atoms with van der Waals surface area (Å²) in [5, 5.41) is 2.99. The van der Waals surface area contributed by atoms with Crippen molar-refractivity contribution < 1.29 is 4.79 Å². The average molecular weight is 346 g/mol. The number of piperazine rings is 1. The molecule has 1 amide bonds. The van der Waals surface area contributed by atoms with E-state index in [1.807, 2.05) is 0 Å². The van der Waals surface area contributed by atoms with Crippen LogP contribution in [-0.2, 0) is 0 Å². The molecule has 0 saturated carbocycles. The van der Waals surface area contributed by atoms with Crippen LogP contribution in [-0.4, -0.2) is 85.1 Å². The van der Waals surface area contributed by atoms with Gasteiger partial charge in [-0.3, -0.25) is 4.79 Å². The quantitative estimate of drug-likeness (QED) is 0.770. The van der Waals surface area contributed by atoms with Crippen LogP contribution in [0.4, 0.5) is 5.95 Å². The normalized spacial score (nSPS) is 19.8. The zero-order valence-corrected chi connectivity index (χ0v) is 15.3. The third kappa shape index (κ3) is 5.37. The first-order valence-corrected chi connectivity index (χ1v) is 9.49. The van der Waals surface area contributed by atoms with Gasteiger partial charge in [0.25, 0.3) is 5.91 Å². The number of amides is 1. The van der Waals surface area contributed by atoms with Crippen LogP contribution in [0.3, 0.4) is 0 Å². The Kier molecular flexibility index (Phi) is 6.58. The van der Waals surface area contributed by atoms with Crippen LogP contribution in [0.5, 0.6) is 0 Å². The number of nitrogens with zero attached hydrogens (tertiary/aromatic N) is 5. The van der Waals surface area contributed by atoms with E-state index in [9.17, 15) is 4.79 Å². The number of hydrogen-bond donors (Lipinski definition) is 1. The standard InChI is InChI=1S/C18H30N6O/c1-22-12-14-23(15-13-22)9-5-7-19-17(25)16-6-8-20-18(21-16)24-10-3-2-4-11-24/h6,8H,2-5,7,9-15H2,1H3,(H,19,25). The third-order valence-electron chi connectivity index (χ3n) is 5.05. The molecule has 138 valence electrons. The first-order valence-electron chi connectivity index (χ1n) is 9.49. The molecule has 2 aliphatic rings. The summed E-state index contributed by atoms with van der Waals surface area (Å²) in [5.74, 6) is 0.587. The van der Waals surface area contributed by atoms with E-state index in [1.54, 1.807) is 12.3 Å². The van der Waals surface area contributed by atoms with Gasteiger partial charge in [0.2, 0.25) is 5.95 Å². The van der Waals surface area contributed by atoms with Crippen molar-refractivity contribution in [1.29, 1.82) is 0 Å². The van der Waals surface area contributed by atoms with Crippen molar-refractivity contribution in [3.63, 3.8) is 0 Å². The Bertz CT molecular complexity index is 552. The minimum Gasteiger partial charge on any atom is -0.351 e. The number of nitrogens with one attached hydrogen (secondary N) is 1. The lowest BCUT2D eigenvalue weighted by atomic mass is 10.1. The molecule has 2 aliphatic heterocycles. The topological polar surface area (TPSA) is 64.6 Å². The molecule has 2 saturated heterocycles. The van der Waals surface area contributed by atoms with Gasteiger partial charge in [-0.1, -0.05) is 0 Å². The number of likely N-dealkylation sites (N-methyl/N-ethyl adjacent to an activating group) is 1. The predicted octanol–water partition coefficient (Wildman–Crippen LogP) is 0.834. The number of carbonyl (C=O) groups excluding carboxylic acids is 1. The second-order valence-corrected chi connectivity index (χ2v) is 7.04. The van der Waals surface area contributed by atoms with Gasteiger partial charge in [-0.15, -0.1) is 0 Å². The highest BCUT2D eigenvalue weighted by Gasteiger charge is 2.16. The van der Waals surface area contributed by atoms with Crippen molar-refractivity contribution in [1.82, 2.24) is 25.1 Å². The van der Waals surface area contributed by atoms with Gasteiger partial charge in [0.15, 0.2) is 0 Å². The summed E-state index contributed by atoms with van der Waals surface area (Å²) in [6.07, 6.45) is 6.28. The summed E-state index contributed by atoms with van der Waals surface area (Å²) in [6, 6.07) is 1.70. The molecule has 0 unspecified atom stereocenters. The Morgan fingerprint density at radius 2 is 1.88 bits per heavy atom. The molecule has 7 nitrogen and oxygen atoms in total. The van der Waals surface area contributed by atoms with Gasteiger partial charge in [-0.05, 0) is 45.3 Å². The Hall–Kier alpha value is -1.73. The van der Waals surface area contributed by atoms with E-state index >= 15 is 0 Å². The van der Waals surface area contributed by atoms with E-state index in [2.05, 4.69) is 37.0 Å². The molecular weight excluding hydrogens is 316 g/mol. The SMILES string of the molecule is CN1CCN(CCCNC(=O)c2ccnc(N3CCCCC3)n2)CC1. The summed E-state index contributed by atoms with van der Waals surface area (Å²) in [4.78, 5) is 28.1. The maximum absolute atomic E-state index is 12.3. The van der Waals surface area contributed by atoms with Gasteiger partial charge < -0.3 is 20.0 Å².